The highest BCUT2D eigenvalue weighted by Crippen LogP contribution is 2.33. The first-order chi connectivity index (χ1) is 12.1. The molecular weight excluding hydrogens is 318 g/mol. The number of nitrogens with two attached hydrogens (primary N) is 1. The van der Waals surface area contributed by atoms with E-state index in [0.29, 0.717) is 32.5 Å². The molecule has 3 N–H and O–H groups in total. The zero-order valence-electron chi connectivity index (χ0n) is 14.5. The molecule has 1 aromatic carbocycles. The Morgan fingerprint density at radius 1 is 1.16 bits per heavy atom. The van der Waals surface area contributed by atoms with Gasteiger partial charge in [0.05, 0.1) is 6.10 Å². The number of nitrogens with one attached hydrogen (secondary N) is 1. The van der Waals surface area contributed by atoms with Gasteiger partial charge in [-0.05, 0) is 31.2 Å². The Morgan fingerprint density at radius 3 is 2.56 bits per heavy atom. The number of rotatable bonds is 4. The number of urea groups is 1. The number of hydrogen-bond donors (Lipinski definition) is 2. The summed E-state index contributed by atoms with van der Waals surface area (Å²) in [7, 11) is 0. The van der Waals surface area contributed by atoms with Crippen LogP contribution in [0.2, 0.25) is 0 Å². The summed E-state index contributed by atoms with van der Waals surface area (Å²) >= 11 is 0. The van der Waals surface area contributed by atoms with E-state index in [9.17, 15) is 9.59 Å². The van der Waals surface area contributed by atoms with Crippen molar-refractivity contribution in [3.05, 3.63) is 35.9 Å². The van der Waals surface area contributed by atoms with Gasteiger partial charge in [0, 0.05) is 38.1 Å². The van der Waals surface area contributed by atoms with Crippen molar-refractivity contribution in [2.75, 3.05) is 26.2 Å². The third-order valence-corrected chi connectivity index (χ3v) is 5.27. The summed E-state index contributed by atoms with van der Waals surface area (Å²) in [4.78, 5) is 25.4. The van der Waals surface area contributed by atoms with Crippen LogP contribution >= 0.6 is 0 Å². The van der Waals surface area contributed by atoms with E-state index >= 15 is 0 Å². The highest BCUT2D eigenvalue weighted by atomic mass is 16.5. The molecule has 2 aliphatic heterocycles. The van der Waals surface area contributed by atoms with Crippen LogP contribution in [0, 0.1) is 11.8 Å². The normalized spacial score (nSPS) is 24.7. The van der Waals surface area contributed by atoms with Gasteiger partial charge in [0.25, 0.3) is 0 Å². The Morgan fingerprint density at radius 2 is 1.88 bits per heavy atom. The maximum absolute atomic E-state index is 12.4. The van der Waals surface area contributed by atoms with Gasteiger partial charge in [0.1, 0.15) is 0 Å². The maximum Gasteiger partial charge on any atom is 0.317 e. The number of nitrogens with zero attached hydrogens (tertiary/aromatic N) is 1. The van der Waals surface area contributed by atoms with Gasteiger partial charge in [-0.3, -0.25) is 4.79 Å². The lowest BCUT2D eigenvalue weighted by Gasteiger charge is -2.34. The SMILES string of the molecule is NC(=O)C1CCN(C(=O)NCC2CCCOC2c2ccccc2)CC1. The topological polar surface area (TPSA) is 84.7 Å². The molecule has 0 saturated carbocycles. The quantitative estimate of drug-likeness (QED) is 0.876. The summed E-state index contributed by atoms with van der Waals surface area (Å²) in [6, 6.07) is 10.1. The second-order valence-corrected chi connectivity index (χ2v) is 6.95. The fraction of sp³-hybridized carbons (Fsp3) is 0.579. The van der Waals surface area contributed by atoms with Gasteiger partial charge in [-0.2, -0.15) is 0 Å². The standard InChI is InChI=1S/C19H27N3O3/c20-18(23)15-8-10-22(11-9-15)19(24)21-13-16-7-4-12-25-17(16)14-5-2-1-3-6-14/h1-3,5-6,15-17H,4,7-13H2,(H2,20,23)(H,21,24). The first kappa shape index (κ1) is 17.7. The minimum absolute atomic E-state index is 0.0378. The van der Waals surface area contributed by atoms with Crippen molar-refractivity contribution in [2.45, 2.75) is 31.8 Å². The smallest absolute Gasteiger partial charge is 0.317 e. The minimum atomic E-state index is -0.259. The molecule has 6 nitrogen and oxygen atoms in total. The number of carbonyl (C=O) groups is 2. The first-order valence-electron chi connectivity index (χ1n) is 9.14. The summed E-state index contributed by atoms with van der Waals surface area (Å²) in [5.41, 5.74) is 6.51. The minimum Gasteiger partial charge on any atom is -0.373 e. The third kappa shape index (κ3) is 4.51. The lowest BCUT2D eigenvalue weighted by Crippen LogP contribution is -2.47. The zero-order chi connectivity index (χ0) is 17.6. The highest BCUT2D eigenvalue weighted by Gasteiger charge is 2.29. The zero-order valence-corrected chi connectivity index (χ0v) is 14.5. The molecule has 2 fully saturated rings. The molecule has 2 heterocycles. The molecule has 6 heteroatoms. The monoisotopic (exact) mass is 345 g/mol. The fourth-order valence-corrected chi connectivity index (χ4v) is 3.76. The predicted molar refractivity (Wildman–Crippen MR) is 94.7 cm³/mol. The molecule has 0 aliphatic carbocycles. The van der Waals surface area contributed by atoms with Crippen LogP contribution in [0.5, 0.6) is 0 Å². The van der Waals surface area contributed by atoms with Crippen molar-refractivity contribution in [3.63, 3.8) is 0 Å². The van der Waals surface area contributed by atoms with Gasteiger partial charge in [-0.25, -0.2) is 4.79 Å². The van der Waals surface area contributed by atoms with E-state index < -0.39 is 0 Å². The Kier molecular flexibility index (Phi) is 5.91. The summed E-state index contributed by atoms with van der Waals surface area (Å²) in [6.07, 6.45) is 3.41. The van der Waals surface area contributed by atoms with Gasteiger partial charge < -0.3 is 20.7 Å². The van der Waals surface area contributed by atoms with Gasteiger partial charge in [-0.15, -0.1) is 0 Å². The van der Waals surface area contributed by atoms with Crippen molar-refractivity contribution in [1.82, 2.24) is 10.2 Å². The van der Waals surface area contributed by atoms with E-state index in [1.165, 1.54) is 5.56 Å². The van der Waals surface area contributed by atoms with Gasteiger partial charge in [0.15, 0.2) is 0 Å². The molecule has 1 aromatic rings. The number of amides is 3. The summed E-state index contributed by atoms with van der Waals surface area (Å²) in [5.74, 6) is -0.0772. The average molecular weight is 345 g/mol. The molecule has 25 heavy (non-hydrogen) atoms. The van der Waals surface area contributed by atoms with Crippen molar-refractivity contribution in [3.8, 4) is 0 Å². The van der Waals surface area contributed by atoms with Crippen molar-refractivity contribution >= 4 is 11.9 Å². The molecule has 0 aromatic heterocycles. The molecule has 3 rings (SSSR count). The third-order valence-electron chi connectivity index (χ3n) is 5.27. The van der Waals surface area contributed by atoms with E-state index in [4.69, 9.17) is 10.5 Å². The number of likely N-dealkylation sites (tertiary alicyclic amines) is 1. The molecule has 2 aliphatic rings. The molecule has 3 amide bonds. The van der Waals surface area contributed by atoms with Gasteiger partial charge in [0.2, 0.25) is 5.91 Å². The van der Waals surface area contributed by atoms with Crippen LogP contribution in [0.4, 0.5) is 4.79 Å². The first-order valence-corrected chi connectivity index (χ1v) is 9.14. The van der Waals surface area contributed by atoms with Crippen LogP contribution in [0.15, 0.2) is 30.3 Å². The molecule has 136 valence electrons. The Hall–Kier alpha value is -2.08. The lowest BCUT2D eigenvalue weighted by molar-refractivity contribution is -0.123. The second kappa shape index (κ2) is 8.34. The largest absolute Gasteiger partial charge is 0.373 e. The molecule has 2 atom stereocenters. The fourth-order valence-electron chi connectivity index (χ4n) is 3.76. The summed E-state index contributed by atoms with van der Waals surface area (Å²) < 4.78 is 5.98. The van der Waals surface area contributed by atoms with E-state index in [1.807, 2.05) is 18.2 Å². The van der Waals surface area contributed by atoms with E-state index in [0.717, 1.165) is 19.4 Å². The van der Waals surface area contributed by atoms with Crippen LogP contribution in [-0.2, 0) is 9.53 Å². The molecule has 0 bridgehead atoms. The van der Waals surface area contributed by atoms with E-state index in [2.05, 4.69) is 17.4 Å². The number of hydrogen-bond acceptors (Lipinski definition) is 3. The van der Waals surface area contributed by atoms with Crippen LogP contribution in [0.25, 0.3) is 0 Å². The number of piperidine rings is 1. The Labute approximate surface area is 148 Å². The maximum atomic E-state index is 12.4. The highest BCUT2D eigenvalue weighted by molar-refractivity contribution is 5.78. The Bertz CT molecular complexity index is 585. The number of benzene rings is 1. The van der Waals surface area contributed by atoms with Crippen molar-refractivity contribution in [2.24, 2.45) is 17.6 Å². The number of primary amides is 1. The molecule has 0 spiro atoms. The molecule has 0 radical (unpaired) electrons. The van der Waals surface area contributed by atoms with Crippen LogP contribution < -0.4 is 11.1 Å². The van der Waals surface area contributed by atoms with Crippen LogP contribution in [-0.4, -0.2) is 43.1 Å². The predicted octanol–water partition coefficient (Wildman–Crippen LogP) is 2.06. The van der Waals surface area contributed by atoms with Gasteiger partial charge >= 0.3 is 6.03 Å². The summed E-state index contributed by atoms with van der Waals surface area (Å²) in [5, 5.41) is 3.06. The van der Waals surface area contributed by atoms with Crippen LogP contribution in [0.1, 0.15) is 37.4 Å². The Balaban J connectivity index is 1.51. The van der Waals surface area contributed by atoms with E-state index in [-0.39, 0.29) is 29.9 Å². The second-order valence-electron chi connectivity index (χ2n) is 6.95. The lowest BCUT2D eigenvalue weighted by atomic mass is 9.89. The van der Waals surface area contributed by atoms with Crippen molar-refractivity contribution in [1.29, 1.82) is 0 Å². The average Bonchev–Trinajstić information content (AvgIpc) is 2.67. The van der Waals surface area contributed by atoms with Crippen molar-refractivity contribution < 1.29 is 14.3 Å². The van der Waals surface area contributed by atoms with Gasteiger partial charge in [-0.1, -0.05) is 30.3 Å². The molecule has 2 unspecified atom stereocenters. The molecule has 2 saturated heterocycles. The number of carbonyl (C=O) groups excluding carboxylic acids is 2. The van der Waals surface area contributed by atoms with Crippen LogP contribution in [0.3, 0.4) is 0 Å². The summed E-state index contributed by atoms with van der Waals surface area (Å²) in [6.45, 7) is 2.55. The van der Waals surface area contributed by atoms with E-state index in [1.54, 1.807) is 4.90 Å². The number of ether oxygens (including phenoxy) is 1. The molecular formula is C19H27N3O3.